The fourth-order valence-corrected chi connectivity index (χ4v) is 5.01. The maximum absolute atomic E-state index is 12.4. The van der Waals surface area contributed by atoms with E-state index in [1.165, 1.54) is 5.56 Å². The SMILES string of the molecule is C=C(C)C(=O)OCCNC(=O)OC(COc1ccc(C(C(C)C)C(C)C(C)C)cc1)CSc1ccccc1. The Balaban J connectivity index is 1.97. The summed E-state index contributed by atoms with van der Waals surface area (Å²) in [4.78, 5) is 25.0. The summed E-state index contributed by atoms with van der Waals surface area (Å²) >= 11 is 1.59. The lowest BCUT2D eigenvalue weighted by atomic mass is 9.74. The summed E-state index contributed by atoms with van der Waals surface area (Å²) in [6.45, 7) is 16.9. The van der Waals surface area contributed by atoms with Gasteiger partial charge in [-0.25, -0.2) is 9.59 Å². The molecule has 0 bridgehead atoms. The lowest BCUT2D eigenvalue weighted by molar-refractivity contribution is -0.138. The van der Waals surface area contributed by atoms with E-state index in [0.29, 0.717) is 35.0 Å². The standard InChI is InChI=1S/C31H43NO5S/c1-21(2)24(7)29(22(3)4)25-13-15-26(16-14-25)36-19-27(20-38-28-11-9-8-10-12-28)37-31(34)32-17-18-35-30(33)23(5)6/h8-16,21-22,24,27,29H,5,17-20H2,1-4,6-7H3,(H,32,34). The summed E-state index contributed by atoms with van der Waals surface area (Å²) in [6.07, 6.45) is -1.07. The van der Waals surface area contributed by atoms with Crippen LogP contribution in [0.15, 0.2) is 71.6 Å². The highest BCUT2D eigenvalue weighted by Gasteiger charge is 2.25. The molecule has 7 heteroatoms. The summed E-state index contributed by atoms with van der Waals surface area (Å²) in [6, 6.07) is 18.2. The Morgan fingerprint density at radius 1 is 0.947 bits per heavy atom. The van der Waals surface area contributed by atoms with Crippen molar-refractivity contribution in [1.82, 2.24) is 5.32 Å². The first-order chi connectivity index (χ1) is 18.1. The van der Waals surface area contributed by atoms with E-state index in [4.69, 9.17) is 14.2 Å². The second-order valence-corrected chi connectivity index (χ2v) is 11.3. The molecule has 6 nitrogen and oxygen atoms in total. The molecule has 0 aliphatic heterocycles. The monoisotopic (exact) mass is 541 g/mol. The largest absolute Gasteiger partial charge is 0.490 e. The van der Waals surface area contributed by atoms with Gasteiger partial charge in [-0.3, -0.25) is 0 Å². The number of carbonyl (C=O) groups excluding carboxylic acids is 2. The molecule has 1 N–H and O–H groups in total. The van der Waals surface area contributed by atoms with Crippen LogP contribution in [0.4, 0.5) is 4.79 Å². The van der Waals surface area contributed by atoms with Gasteiger partial charge in [-0.15, -0.1) is 11.8 Å². The Labute approximate surface area is 232 Å². The average molecular weight is 542 g/mol. The van der Waals surface area contributed by atoms with E-state index in [1.807, 2.05) is 42.5 Å². The minimum atomic E-state index is -0.587. The third kappa shape index (κ3) is 10.8. The summed E-state index contributed by atoms with van der Waals surface area (Å²) in [5, 5.41) is 2.62. The van der Waals surface area contributed by atoms with Crippen molar-refractivity contribution in [3.05, 3.63) is 72.3 Å². The molecule has 208 valence electrons. The number of esters is 1. The lowest BCUT2D eigenvalue weighted by Crippen LogP contribution is -2.35. The highest BCUT2D eigenvalue weighted by atomic mass is 32.2. The van der Waals surface area contributed by atoms with Gasteiger partial charge >= 0.3 is 12.1 Å². The Morgan fingerprint density at radius 2 is 1.61 bits per heavy atom. The molecule has 2 rings (SSSR count). The maximum Gasteiger partial charge on any atom is 0.407 e. The van der Waals surface area contributed by atoms with Gasteiger partial charge in [0.25, 0.3) is 0 Å². The fourth-order valence-electron chi connectivity index (χ4n) is 4.12. The summed E-state index contributed by atoms with van der Waals surface area (Å²) in [5.41, 5.74) is 1.62. The average Bonchev–Trinajstić information content (AvgIpc) is 2.89. The van der Waals surface area contributed by atoms with Gasteiger partial charge in [0.2, 0.25) is 0 Å². The van der Waals surface area contributed by atoms with E-state index in [-0.39, 0.29) is 19.8 Å². The summed E-state index contributed by atoms with van der Waals surface area (Å²) in [5.74, 6) is 2.95. The summed E-state index contributed by atoms with van der Waals surface area (Å²) in [7, 11) is 0. The molecular formula is C31H43NO5S. The number of hydrogen-bond acceptors (Lipinski definition) is 6. The van der Waals surface area contributed by atoms with Gasteiger partial charge in [0, 0.05) is 16.2 Å². The molecule has 0 aliphatic carbocycles. The normalized spacial score (nSPS) is 13.5. The predicted octanol–water partition coefficient (Wildman–Crippen LogP) is 7.10. The van der Waals surface area contributed by atoms with Gasteiger partial charge < -0.3 is 19.5 Å². The van der Waals surface area contributed by atoms with E-state index in [9.17, 15) is 9.59 Å². The molecule has 2 aromatic rings. The van der Waals surface area contributed by atoms with Crippen molar-refractivity contribution in [3.8, 4) is 5.75 Å². The van der Waals surface area contributed by atoms with Crippen molar-refractivity contribution in [2.45, 2.75) is 58.5 Å². The highest BCUT2D eigenvalue weighted by Crippen LogP contribution is 2.36. The molecule has 1 amide bonds. The maximum atomic E-state index is 12.4. The lowest BCUT2D eigenvalue weighted by Gasteiger charge is -2.31. The molecule has 0 radical (unpaired) electrons. The van der Waals surface area contributed by atoms with Crippen LogP contribution in [0.2, 0.25) is 0 Å². The van der Waals surface area contributed by atoms with Gasteiger partial charge in [0.1, 0.15) is 25.1 Å². The van der Waals surface area contributed by atoms with Gasteiger partial charge in [0.15, 0.2) is 0 Å². The molecule has 0 aliphatic rings. The van der Waals surface area contributed by atoms with Crippen LogP contribution in [0.3, 0.4) is 0 Å². The van der Waals surface area contributed by atoms with Crippen LogP contribution >= 0.6 is 11.8 Å². The minimum absolute atomic E-state index is 0.0415. The first-order valence-electron chi connectivity index (χ1n) is 13.3. The van der Waals surface area contributed by atoms with Crippen LogP contribution < -0.4 is 10.1 Å². The molecule has 3 atom stereocenters. The molecule has 0 saturated carbocycles. The van der Waals surface area contributed by atoms with Gasteiger partial charge in [-0.1, -0.05) is 71.5 Å². The number of benzene rings is 2. The molecule has 0 fully saturated rings. The van der Waals surface area contributed by atoms with E-state index in [2.05, 4.69) is 58.6 Å². The third-order valence-corrected chi connectivity index (χ3v) is 7.59. The zero-order valence-corrected chi connectivity index (χ0v) is 24.4. The first-order valence-corrected chi connectivity index (χ1v) is 14.2. The number of alkyl carbamates (subject to hydrolysis) is 1. The number of carbonyl (C=O) groups is 2. The van der Waals surface area contributed by atoms with Crippen molar-refractivity contribution in [3.63, 3.8) is 0 Å². The minimum Gasteiger partial charge on any atom is -0.490 e. The van der Waals surface area contributed by atoms with Gasteiger partial charge in [0.05, 0.1) is 6.54 Å². The Bertz CT molecular complexity index is 1010. The van der Waals surface area contributed by atoms with E-state index < -0.39 is 18.2 Å². The second kappa shape index (κ2) is 16.1. The van der Waals surface area contributed by atoms with Crippen LogP contribution in [0.25, 0.3) is 0 Å². The summed E-state index contributed by atoms with van der Waals surface area (Å²) < 4.78 is 16.7. The Kier molecular flexibility index (Phi) is 13.3. The number of thioether (sulfide) groups is 1. The van der Waals surface area contributed by atoms with Crippen molar-refractivity contribution in [2.24, 2.45) is 17.8 Å². The van der Waals surface area contributed by atoms with Gasteiger partial charge in [-0.2, -0.15) is 0 Å². The topological polar surface area (TPSA) is 73.9 Å². The molecule has 3 unspecified atom stereocenters. The number of amides is 1. The first kappa shape index (κ1) is 31.3. The van der Waals surface area contributed by atoms with Crippen molar-refractivity contribution in [1.29, 1.82) is 0 Å². The molecule has 38 heavy (non-hydrogen) atoms. The number of hydrogen-bond donors (Lipinski definition) is 1. The van der Waals surface area contributed by atoms with E-state index >= 15 is 0 Å². The predicted molar refractivity (Wildman–Crippen MR) is 155 cm³/mol. The smallest absolute Gasteiger partial charge is 0.407 e. The quantitative estimate of drug-likeness (QED) is 0.112. The molecule has 2 aromatic carbocycles. The van der Waals surface area contributed by atoms with Crippen LogP contribution in [0.1, 0.15) is 53.0 Å². The van der Waals surface area contributed by atoms with Crippen molar-refractivity contribution >= 4 is 23.8 Å². The van der Waals surface area contributed by atoms with E-state index in [1.54, 1.807) is 18.7 Å². The molecule has 0 spiro atoms. The molecule has 0 saturated heterocycles. The molecular weight excluding hydrogens is 498 g/mol. The highest BCUT2D eigenvalue weighted by molar-refractivity contribution is 7.99. The number of ether oxygens (including phenoxy) is 3. The van der Waals surface area contributed by atoms with Crippen LogP contribution in [0.5, 0.6) is 5.75 Å². The van der Waals surface area contributed by atoms with Crippen LogP contribution in [-0.2, 0) is 14.3 Å². The number of nitrogens with one attached hydrogen (secondary N) is 1. The van der Waals surface area contributed by atoms with Crippen LogP contribution in [-0.4, -0.2) is 43.7 Å². The zero-order chi connectivity index (χ0) is 28.1. The molecule has 0 heterocycles. The zero-order valence-electron chi connectivity index (χ0n) is 23.6. The fraction of sp³-hybridized carbons (Fsp3) is 0.484. The molecule has 0 aromatic heterocycles. The second-order valence-electron chi connectivity index (χ2n) is 10.2. The Hall–Kier alpha value is -2.93. The van der Waals surface area contributed by atoms with Crippen molar-refractivity contribution < 1.29 is 23.8 Å². The van der Waals surface area contributed by atoms with Crippen molar-refractivity contribution in [2.75, 3.05) is 25.5 Å². The number of rotatable bonds is 15. The third-order valence-electron chi connectivity index (χ3n) is 6.44. The van der Waals surface area contributed by atoms with E-state index in [0.717, 1.165) is 10.6 Å². The van der Waals surface area contributed by atoms with Crippen LogP contribution in [0, 0.1) is 17.8 Å². The van der Waals surface area contributed by atoms with Gasteiger partial charge in [-0.05, 0) is 60.4 Å². The Morgan fingerprint density at radius 3 is 2.18 bits per heavy atom.